The predicted octanol–water partition coefficient (Wildman–Crippen LogP) is 3.59. The molecule has 2 heterocycles. The smallest absolute Gasteiger partial charge is 0.192 e. The SMILES string of the molecule is Cc1nnc(CN=C(NC2CCCN(c3ccccc3)C2)NC(C)c2ccccc2)n1C. The lowest BCUT2D eigenvalue weighted by molar-refractivity contribution is 0.465. The molecule has 0 amide bonds. The molecule has 0 radical (unpaired) electrons. The molecule has 1 aromatic heterocycles. The Morgan fingerprint density at radius 1 is 1.09 bits per heavy atom. The monoisotopic (exact) mass is 431 g/mol. The van der Waals surface area contributed by atoms with Crippen LogP contribution in [-0.2, 0) is 13.6 Å². The van der Waals surface area contributed by atoms with E-state index in [2.05, 4.69) is 87.3 Å². The first-order valence-corrected chi connectivity index (χ1v) is 11.4. The van der Waals surface area contributed by atoms with Crippen LogP contribution in [0.25, 0.3) is 0 Å². The van der Waals surface area contributed by atoms with E-state index in [0.29, 0.717) is 12.6 Å². The number of nitrogens with one attached hydrogen (secondary N) is 2. The number of hydrogen-bond acceptors (Lipinski definition) is 4. The van der Waals surface area contributed by atoms with Gasteiger partial charge in [-0.3, -0.25) is 0 Å². The first-order chi connectivity index (χ1) is 15.6. The molecular formula is C25H33N7. The van der Waals surface area contributed by atoms with Gasteiger partial charge in [0.05, 0.1) is 6.04 Å². The molecule has 168 valence electrons. The zero-order chi connectivity index (χ0) is 22.3. The number of benzene rings is 2. The number of aryl methyl sites for hydroxylation is 1. The lowest BCUT2D eigenvalue weighted by Crippen LogP contribution is -2.51. The van der Waals surface area contributed by atoms with E-state index in [-0.39, 0.29) is 6.04 Å². The lowest BCUT2D eigenvalue weighted by Gasteiger charge is -2.35. The van der Waals surface area contributed by atoms with Crippen LogP contribution in [0, 0.1) is 6.92 Å². The Kier molecular flexibility index (Phi) is 7.04. The molecule has 0 aliphatic carbocycles. The summed E-state index contributed by atoms with van der Waals surface area (Å²) in [6.45, 7) is 6.63. The van der Waals surface area contributed by atoms with Crippen molar-refractivity contribution in [1.29, 1.82) is 0 Å². The highest BCUT2D eigenvalue weighted by Gasteiger charge is 2.22. The minimum atomic E-state index is 0.137. The van der Waals surface area contributed by atoms with E-state index in [4.69, 9.17) is 4.99 Å². The molecule has 32 heavy (non-hydrogen) atoms. The normalized spacial score (nSPS) is 17.8. The molecule has 0 spiro atoms. The van der Waals surface area contributed by atoms with Gasteiger partial charge in [-0.05, 0) is 44.4 Å². The maximum atomic E-state index is 4.88. The summed E-state index contributed by atoms with van der Waals surface area (Å²) in [4.78, 5) is 7.33. The Balaban J connectivity index is 1.49. The zero-order valence-corrected chi connectivity index (χ0v) is 19.2. The van der Waals surface area contributed by atoms with E-state index in [9.17, 15) is 0 Å². The summed E-state index contributed by atoms with van der Waals surface area (Å²) in [7, 11) is 1.98. The van der Waals surface area contributed by atoms with Gasteiger partial charge >= 0.3 is 0 Å². The Morgan fingerprint density at radius 2 is 1.81 bits per heavy atom. The maximum Gasteiger partial charge on any atom is 0.192 e. The van der Waals surface area contributed by atoms with E-state index in [1.165, 1.54) is 11.3 Å². The van der Waals surface area contributed by atoms with Crippen LogP contribution in [0.4, 0.5) is 5.69 Å². The van der Waals surface area contributed by atoms with Crippen molar-refractivity contribution in [3.8, 4) is 0 Å². The van der Waals surface area contributed by atoms with E-state index in [1.54, 1.807) is 0 Å². The van der Waals surface area contributed by atoms with Gasteiger partial charge in [-0.2, -0.15) is 0 Å². The number of para-hydroxylation sites is 1. The van der Waals surface area contributed by atoms with Crippen molar-refractivity contribution >= 4 is 11.6 Å². The minimum absolute atomic E-state index is 0.137. The second-order valence-electron chi connectivity index (χ2n) is 8.43. The summed E-state index contributed by atoms with van der Waals surface area (Å²) in [5.74, 6) is 2.55. The summed E-state index contributed by atoms with van der Waals surface area (Å²) in [6, 6.07) is 21.5. The minimum Gasteiger partial charge on any atom is -0.369 e. The van der Waals surface area contributed by atoms with Crippen molar-refractivity contribution in [2.75, 3.05) is 18.0 Å². The first-order valence-electron chi connectivity index (χ1n) is 11.4. The van der Waals surface area contributed by atoms with Gasteiger partial charge < -0.3 is 20.1 Å². The molecule has 1 saturated heterocycles. The van der Waals surface area contributed by atoms with Crippen LogP contribution in [0.15, 0.2) is 65.7 Å². The number of aromatic nitrogens is 3. The molecule has 1 fully saturated rings. The molecule has 2 atom stereocenters. The van der Waals surface area contributed by atoms with Gasteiger partial charge in [0.25, 0.3) is 0 Å². The summed E-state index contributed by atoms with van der Waals surface area (Å²) in [6.07, 6.45) is 2.27. The van der Waals surface area contributed by atoms with Crippen molar-refractivity contribution in [3.05, 3.63) is 77.9 Å². The number of anilines is 1. The molecule has 4 rings (SSSR count). The topological polar surface area (TPSA) is 70.4 Å². The summed E-state index contributed by atoms with van der Waals surface area (Å²) in [5.41, 5.74) is 2.50. The highest BCUT2D eigenvalue weighted by Crippen LogP contribution is 2.19. The van der Waals surface area contributed by atoms with Crippen LogP contribution >= 0.6 is 0 Å². The first kappa shape index (κ1) is 21.9. The average Bonchev–Trinajstić information content (AvgIpc) is 3.16. The lowest BCUT2D eigenvalue weighted by atomic mass is 10.0. The second-order valence-corrected chi connectivity index (χ2v) is 8.43. The van der Waals surface area contributed by atoms with E-state index in [0.717, 1.165) is 43.5 Å². The third-order valence-corrected chi connectivity index (χ3v) is 6.10. The fourth-order valence-corrected chi connectivity index (χ4v) is 4.06. The molecule has 7 nitrogen and oxygen atoms in total. The predicted molar refractivity (Wildman–Crippen MR) is 130 cm³/mol. The van der Waals surface area contributed by atoms with E-state index < -0.39 is 0 Å². The number of nitrogens with zero attached hydrogens (tertiary/aromatic N) is 5. The molecular weight excluding hydrogens is 398 g/mol. The maximum absolute atomic E-state index is 4.88. The highest BCUT2D eigenvalue weighted by atomic mass is 15.3. The quantitative estimate of drug-likeness (QED) is 0.461. The third kappa shape index (κ3) is 5.46. The molecule has 0 bridgehead atoms. The van der Waals surface area contributed by atoms with Crippen molar-refractivity contribution in [1.82, 2.24) is 25.4 Å². The van der Waals surface area contributed by atoms with Gasteiger partial charge in [-0.1, -0.05) is 48.5 Å². The molecule has 1 aliphatic rings. The Bertz CT molecular complexity index is 1010. The fraction of sp³-hybridized carbons (Fsp3) is 0.400. The van der Waals surface area contributed by atoms with Crippen molar-refractivity contribution in [2.24, 2.45) is 12.0 Å². The molecule has 1 aliphatic heterocycles. The molecule has 2 aromatic carbocycles. The Hall–Kier alpha value is -3.35. The van der Waals surface area contributed by atoms with Crippen LogP contribution < -0.4 is 15.5 Å². The van der Waals surface area contributed by atoms with Crippen molar-refractivity contribution in [3.63, 3.8) is 0 Å². The average molecular weight is 432 g/mol. The van der Waals surface area contributed by atoms with Gasteiger partial charge in [0.1, 0.15) is 12.4 Å². The van der Waals surface area contributed by atoms with Crippen LogP contribution in [0.5, 0.6) is 0 Å². The largest absolute Gasteiger partial charge is 0.369 e. The molecule has 7 heteroatoms. The Labute approximate surface area is 190 Å². The van der Waals surface area contributed by atoms with Crippen molar-refractivity contribution in [2.45, 2.75) is 45.3 Å². The standard InChI is InChI=1S/C25H33N7/c1-19(21-11-6-4-7-12-21)27-25(26-17-24-30-29-20(2)31(24)3)28-22-13-10-16-32(18-22)23-14-8-5-9-15-23/h4-9,11-12,14-15,19,22H,10,13,16-18H2,1-3H3,(H2,26,27,28). The third-order valence-electron chi connectivity index (χ3n) is 6.10. The molecule has 2 N–H and O–H groups in total. The second kappa shape index (κ2) is 10.3. The number of piperidine rings is 1. The fourth-order valence-electron chi connectivity index (χ4n) is 4.06. The summed E-state index contributed by atoms with van der Waals surface area (Å²) >= 11 is 0. The molecule has 3 aromatic rings. The zero-order valence-electron chi connectivity index (χ0n) is 19.2. The van der Waals surface area contributed by atoms with Crippen molar-refractivity contribution < 1.29 is 0 Å². The van der Waals surface area contributed by atoms with Gasteiger partial charge in [0.2, 0.25) is 0 Å². The van der Waals surface area contributed by atoms with Gasteiger partial charge in [-0.15, -0.1) is 10.2 Å². The molecule has 2 unspecified atom stereocenters. The van der Waals surface area contributed by atoms with Gasteiger partial charge in [0, 0.05) is 31.9 Å². The summed E-state index contributed by atoms with van der Waals surface area (Å²) in [5, 5.41) is 15.7. The number of rotatable bonds is 6. The van der Waals surface area contributed by atoms with Crippen LogP contribution in [0.2, 0.25) is 0 Å². The summed E-state index contributed by atoms with van der Waals surface area (Å²) < 4.78 is 1.99. The number of guanidine groups is 1. The van der Waals surface area contributed by atoms with Crippen LogP contribution in [0.3, 0.4) is 0 Å². The molecule has 0 saturated carbocycles. The van der Waals surface area contributed by atoms with Crippen LogP contribution in [-0.4, -0.2) is 39.9 Å². The van der Waals surface area contributed by atoms with Gasteiger partial charge in [0.15, 0.2) is 11.8 Å². The number of aliphatic imine (C=N–C) groups is 1. The Morgan fingerprint density at radius 3 is 2.50 bits per heavy atom. The van der Waals surface area contributed by atoms with Gasteiger partial charge in [-0.25, -0.2) is 4.99 Å². The highest BCUT2D eigenvalue weighted by molar-refractivity contribution is 5.80. The van der Waals surface area contributed by atoms with E-state index in [1.807, 2.05) is 24.6 Å². The van der Waals surface area contributed by atoms with E-state index >= 15 is 0 Å². The van der Waals surface area contributed by atoms with Crippen LogP contribution in [0.1, 0.15) is 43.0 Å². The number of hydrogen-bond donors (Lipinski definition) is 2.